The summed E-state index contributed by atoms with van der Waals surface area (Å²) in [5, 5.41) is 0.842. The molecule has 0 aliphatic rings. The van der Waals surface area contributed by atoms with Gasteiger partial charge >= 0.3 is 0 Å². The lowest BCUT2D eigenvalue weighted by molar-refractivity contribution is 0.614. The fourth-order valence-corrected chi connectivity index (χ4v) is 2.41. The second kappa shape index (κ2) is 4.71. The van der Waals surface area contributed by atoms with Crippen molar-refractivity contribution in [2.75, 3.05) is 24.7 Å². The first-order valence-corrected chi connectivity index (χ1v) is 6.05. The van der Waals surface area contributed by atoms with Crippen molar-refractivity contribution >= 4 is 22.3 Å². The molecule has 1 heterocycles. The fraction of sp³-hybridized carbons (Fsp3) is 0.250. The number of anilines is 2. The maximum Gasteiger partial charge on any atom is 0.187 e. The number of nitrogens with zero attached hydrogens (tertiary/aromatic N) is 2. The maximum absolute atomic E-state index is 13.5. The molecule has 0 spiro atoms. The number of nitrogen functional groups attached to an aromatic ring is 1. The lowest BCUT2D eigenvalue weighted by Gasteiger charge is -2.05. The monoisotopic (exact) mass is 251 g/mol. The largest absolute Gasteiger partial charge is 0.383 e. The third-order valence-electron chi connectivity index (χ3n) is 2.41. The molecule has 0 atom stereocenters. The van der Waals surface area contributed by atoms with E-state index < -0.39 is 0 Å². The molecular weight excluding hydrogens is 237 g/mol. The normalized spacial score (nSPS) is 10.5. The first-order valence-electron chi connectivity index (χ1n) is 5.24. The molecule has 2 rings (SSSR count). The van der Waals surface area contributed by atoms with Gasteiger partial charge in [0.2, 0.25) is 0 Å². The van der Waals surface area contributed by atoms with Crippen LogP contribution in [0.4, 0.5) is 15.3 Å². The first kappa shape index (κ1) is 11.9. The topological polar surface area (TPSA) is 42.2 Å². The Hall–Kier alpha value is -1.62. The van der Waals surface area contributed by atoms with Gasteiger partial charge < -0.3 is 10.6 Å². The van der Waals surface area contributed by atoms with Crippen molar-refractivity contribution in [1.29, 1.82) is 0 Å². The third kappa shape index (κ3) is 2.55. The van der Waals surface area contributed by atoms with E-state index in [2.05, 4.69) is 4.98 Å². The van der Waals surface area contributed by atoms with E-state index >= 15 is 0 Å². The van der Waals surface area contributed by atoms with Crippen molar-refractivity contribution in [1.82, 2.24) is 4.98 Å². The van der Waals surface area contributed by atoms with Crippen LogP contribution >= 0.6 is 11.3 Å². The number of rotatable bonds is 3. The smallest absolute Gasteiger partial charge is 0.187 e. The molecule has 3 nitrogen and oxygen atoms in total. The number of aromatic nitrogens is 1. The van der Waals surface area contributed by atoms with Gasteiger partial charge in [0.1, 0.15) is 11.6 Å². The molecule has 5 heteroatoms. The maximum atomic E-state index is 13.5. The molecular formula is C12H14FN3S. The van der Waals surface area contributed by atoms with Gasteiger partial charge in [-0.15, -0.1) is 0 Å². The van der Waals surface area contributed by atoms with Crippen LogP contribution in [-0.4, -0.2) is 19.1 Å². The number of benzene rings is 1. The zero-order valence-electron chi connectivity index (χ0n) is 9.77. The van der Waals surface area contributed by atoms with Crippen LogP contribution in [0.15, 0.2) is 24.3 Å². The fourth-order valence-electron chi connectivity index (χ4n) is 1.48. The van der Waals surface area contributed by atoms with Crippen molar-refractivity contribution in [3.8, 4) is 0 Å². The summed E-state index contributed by atoms with van der Waals surface area (Å²) in [6.45, 7) is 0. The minimum absolute atomic E-state index is 0.202. The van der Waals surface area contributed by atoms with Crippen LogP contribution in [0.25, 0.3) is 0 Å². The summed E-state index contributed by atoms with van der Waals surface area (Å²) in [4.78, 5) is 7.03. The summed E-state index contributed by atoms with van der Waals surface area (Å²) in [5.41, 5.74) is 6.47. The minimum Gasteiger partial charge on any atom is -0.383 e. The van der Waals surface area contributed by atoms with Gasteiger partial charge in [-0.3, -0.25) is 0 Å². The summed E-state index contributed by atoms with van der Waals surface area (Å²) >= 11 is 1.49. The highest BCUT2D eigenvalue weighted by Crippen LogP contribution is 2.29. The summed E-state index contributed by atoms with van der Waals surface area (Å²) in [6.07, 6.45) is 0.490. The molecule has 0 aliphatic carbocycles. The van der Waals surface area contributed by atoms with Crippen molar-refractivity contribution in [3.63, 3.8) is 0 Å². The van der Waals surface area contributed by atoms with Crippen LogP contribution < -0.4 is 10.6 Å². The molecule has 1 aromatic heterocycles. The summed E-state index contributed by atoms with van der Waals surface area (Å²) < 4.78 is 13.5. The number of thiazole rings is 1. The van der Waals surface area contributed by atoms with E-state index in [1.165, 1.54) is 17.4 Å². The Morgan fingerprint density at radius 3 is 2.65 bits per heavy atom. The highest BCUT2D eigenvalue weighted by atomic mass is 32.1. The molecule has 0 bridgehead atoms. The molecule has 2 aromatic rings. The number of nitrogens with two attached hydrogens (primary N) is 1. The van der Waals surface area contributed by atoms with Crippen LogP contribution in [-0.2, 0) is 6.42 Å². The van der Waals surface area contributed by atoms with Crippen LogP contribution in [0.2, 0.25) is 0 Å². The average molecular weight is 251 g/mol. The van der Waals surface area contributed by atoms with Gasteiger partial charge in [-0.1, -0.05) is 29.5 Å². The Balaban J connectivity index is 2.27. The van der Waals surface area contributed by atoms with E-state index in [1.807, 2.05) is 25.1 Å². The Morgan fingerprint density at radius 1 is 1.35 bits per heavy atom. The van der Waals surface area contributed by atoms with Gasteiger partial charge in [-0.05, 0) is 11.6 Å². The Morgan fingerprint density at radius 2 is 2.06 bits per heavy atom. The Labute approximate surface area is 104 Å². The lowest BCUT2D eigenvalue weighted by atomic mass is 10.1. The quantitative estimate of drug-likeness (QED) is 0.911. The summed E-state index contributed by atoms with van der Waals surface area (Å²) in [6, 6.07) is 6.73. The predicted molar refractivity (Wildman–Crippen MR) is 70.1 cm³/mol. The average Bonchev–Trinajstić information content (AvgIpc) is 2.64. The number of hydrogen-bond donors (Lipinski definition) is 1. The number of halogens is 1. The van der Waals surface area contributed by atoms with E-state index in [-0.39, 0.29) is 5.82 Å². The van der Waals surface area contributed by atoms with E-state index in [0.29, 0.717) is 17.8 Å². The zero-order valence-corrected chi connectivity index (χ0v) is 10.6. The minimum atomic E-state index is -0.202. The predicted octanol–water partition coefficient (Wildman–Crippen LogP) is 2.52. The molecule has 0 saturated heterocycles. The second-order valence-electron chi connectivity index (χ2n) is 3.97. The van der Waals surface area contributed by atoms with Crippen molar-refractivity contribution < 1.29 is 4.39 Å². The second-order valence-corrected chi connectivity index (χ2v) is 5.03. The van der Waals surface area contributed by atoms with Crippen molar-refractivity contribution in [3.05, 3.63) is 40.5 Å². The Kier molecular flexibility index (Phi) is 3.28. The summed E-state index contributed by atoms with van der Waals surface area (Å²) in [7, 11) is 3.82. The van der Waals surface area contributed by atoms with Crippen LogP contribution in [0.5, 0.6) is 0 Å². The van der Waals surface area contributed by atoms with Crippen molar-refractivity contribution in [2.45, 2.75) is 6.42 Å². The molecule has 2 N–H and O–H groups in total. The van der Waals surface area contributed by atoms with Crippen LogP contribution in [0, 0.1) is 5.82 Å². The van der Waals surface area contributed by atoms with Gasteiger partial charge in [0, 0.05) is 20.5 Å². The molecule has 0 fully saturated rings. The van der Waals surface area contributed by atoms with E-state index in [9.17, 15) is 4.39 Å². The first-order chi connectivity index (χ1) is 8.08. The van der Waals surface area contributed by atoms with Crippen LogP contribution in [0.1, 0.15) is 10.4 Å². The third-order valence-corrected chi connectivity index (χ3v) is 3.65. The molecule has 0 radical (unpaired) electrons. The summed E-state index contributed by atoms with van der Waals surface area (Å²) in [5.74, 6) is 0.286. The van der Waals surface area contributed by atoms with Gasteiger partial charge in [-0.25, -0.2) is 9.37 Å². The standard InChI is InChI=1S/C12H14FN3S/c1-16(2)12-15-11(14)10(17-12)7-8-5-3-4-6-9(8)13/h3-6H,7,14H2,1-2H3. The highest BCUT2D eigenvalue weighted by Gasteiger charge is 2.12. The van der Waals surface area contributed by atoms with Gasteiger partial charge in [-0.2, -0.15) is 0 Å². The van der Waals surface area contributed by atoms with Gasteiger partial charge in [0.15, 0.2) is 5.13 Å². The zero-order chi connectivity index (χ0) is 12.4. The lowest BCUT2D eigenvalue weighted by Crippen LogP contribution is -2.07. The van der Waals surface area contributed by atoms with Crippen molar-refractivity contribution in [2.24, 2.45) is 0 Å². The van der Waals surface area contributed by atoms with E-state index in [1.54, 1.807) is 12.1 Å². The molecule has 90 valence electrons. The molecule has 17 heavy (non-hydrogen) atoms. The van der Waals surface area contributed by atoms with Crippen LogP contribution in [0.3, 0.4) is 0 Å². The van der Waals surface area contributed by atoms with Gasteiger partial charge in [0.05, 0.1) is 4.88 Å². The molecule has 0 saturated carbocycles. The SMILES string of the molecule is CN(C)c1nc(N)c(Cc2ccccc2F)s1. The van der Waals surface area contributed by atoms with Gasteiger partial charge in [0.25, 0.3) is 0 Å². The highest BCUT2D eigenvalue weighted by molar-refractivity contribution is 7.16. The van der Waals surface area contributed by atoms with E-state index in [4.69, 9.17) is 5.73 Å². The van der Waals surface area contributed by atoms with E-state index in [0.717, 1.165) is 10.0 Å². The molecule has 0 unspecified atom stereocenters. The number of hydrogen-bond acceptors (Lipinski definition) is 4. The molecule has 0 aliphatic heterocycles. The molecule has 0 amide bonds. The Bertz CT molecular complexity index is 522. The molecule has 1 aromatic carbocycles.